The average molecular weight is 217 g/mol. The van der Waals surface area contributed by atoms with Crippen molar-refractivity contribution in [1.29, 1.82) is 5.41 Å². The van der Waals surface area contributed by atoms with Crippen molar-refractivity contribution >= 4 is 5.84 Å². The fourth-order valence-electron chi connectivity index (χ4n) is 2.25. The molecule has 1 aliphatic rings. The smallest absolute Gasteiger partial charge is 0.122 e. The molecule has 0 amide bonds. The van der Waals surface area contributed by atoms with Gasteiger partial charge >= 0.3 is 0 Å². The number of likely N-dealkylation sites (tertiary alicyclic amines) is 1. The van der Waals surface area contributed by atoms with E-state index >= 15 is 0 Å². The molecule has 16 heavy (non-hydrogen) atoms. The molecule has 1 atom stereocenters. The van der Waals surface area contributed by atoms with Crippen molar-refractivity contribution in [3.8, 4) is 0 Å². The standard InChI is InChI=1S/C13H19N3/c1-10-3-2-8-16(10)9-11-4-6-12(7-5-11)13(14)15/h4-7,10H,2-3,8-9H2,1H3,(H3,14,15). The summed E-state index contributed by atoms with van der Waals surface area (Å²) in [7, 11) is 0. The van der Waals surface area contributed by atoms with Crippen molar-refractivity contribution < 1.29 is 0 Å². The molecular formula is C13H19N3. The number of amidine groups is 1. The lowest BCUT2D eigenvalue weighted by Gasteiger charge is -2.20. The van der Waals surface area contributed by atoms with Crippen LogP contribution in [0.4, 0.5) is 0 Å². The number of nitrogens with two attached hydrogens (primary N) is 1. The first-order valence-corrected chi connectivity index (χ1v) is 5.84. The lowest BCUT2D eigenvalue weighted by Crippen LogP contribution is -2.26. The maximum Gasteiger partial charge on any atom is 0.122 e. The Hall–Kier alpha value is -1.35. The van der Waals surface area contributed by atoms with Crippen molar-refractivity contribution in [2.75, 3.05) is 6.54 Å². The van der Waals surface area contributed by atoms with E-state index in [4.69, 9.17) is 11.1 Å². The molecule has 0 aliphatic carbocycles. The SMILES string of the molecule is CC1CCCN1Cc1ccc(C(=N)N)cc1. The van der Waals surface area contributed by atoms with Crippen LogP contribution < -0.4 is 5.73 Å². The summed E-state index contributed by atoms with van der Waals surface area (Å²) in [4.78, 5) is 2.50. The molecule has 0 bridgehead atoms. The monoisotopic (exact) mass is 217 g/mol. The van der Waals surface area contributed by atoms with Crippen LogP contribution in [-0.4, -0.2) is 23.3 Å². The van der Waals surface area contributed by atoms with Crippen molar-refractivity contribution in [2.24, 2.45) is 5.73 Å². The molecule has 1 aliphatic heterocycles. The highest BCUT2D eigenvalue weighted by Gasteiger charge is 2.19. The zero-order valence-corrected chi connectivity index (χ0v) is 9.74. The van der Waals surface area contributed by atoms with Gasteiger partial charge in [-0.1, -0.05) is 24.3 Å². The van der Waals surface area contributed by atoms with E-state index in [9.17, 15) is 0 Å². The van der Waals surface area contributed by atoms with Gasteiger partial charge in [-0.3, -0.25) is 10.3 Å². The molecular weight excluding hydrogens is 198 g/mol. The zero-order chi connectivity index (χ0) is 11.5. The van der Waals surface area contributed by atoms with Crippen LogP contribution in [0.1, 0.15) is 30.9 Å². The first kappa shape index (κ1) is 11.1. The molecule has 1 unspecified atom stereocenters. The third kappa shape index (κ3) is 2.42. The average Bonchev–Trinajstić information content (AvgIpc) is 2.65. The predicted octanol–water partition coefficient (Wildman–Crippen LogP) is 1.95. The zero-order valence-electron chi connectivity index (χ0n) is 9.74. The van der Waals surface area contributed by atoms with Crippen molar-refractivity contribution in [3.63, 3.8) is 0 Å². The number of hydrogen-bond acceptors (Lipinski definition) is 2. The van der Waals surface area contributed by atoms with Gasteiger partial charge in [-0.15, -0.1) is 0 Å². The van der Waals surface area contributed by atoms with E-state index in [0.717, 1.165) is 12.1 Å². The Balaban J connectivity index is 2.02. The number of nitrogen functional groups attached to an aromatic ring is 1. The molecule has 1 heterocycles. The molecule has 3 heteroatoms. The molecule has 3 N–H and O–H groups in total. The van der Waals surface area contributed by atoms with E-state index in [2.05, 4.69) is 24.0 Å². The van der Waals surface area contributed by atoms with Crippen LogP contribution in [0, 0.1) is 5.41 Å². The van der Waals surface area contributed by atoms with E-state index in [1.54, 1.807) is 0 Å². The van der Waals surface area contributed by atoms with Crippen molar-refractivity contribution in [2.45, 2.75) is 32.4 Å². The van der Waals surface area contributed by atoms with Crippen LogP contribution in [0.2, 0.25) is 0 Å². The van der Waals surface area contributed by atoms with Crippen molar-refractivity contribution in [1.82, 2.24) is 4.90 Å². The van der Waals surface area contributed by atoms with Gasteiger partial charge in [0.25, 0.3) is 0 Å². The summed E-state index contributed by atoms with van der Waals surface area (Å²) >= 11 is 0. The van der Waals surface area contributed by atoms with Crippen LogP contribution in [0.3, 0.4) is 0 Å². The highest BCUT2D eigenvalue weighted by Crippen LogP contribution is 2.19. The minimum atomic E-state index is 0.140. The molecule has 1 fully saturated rings. The molecule has 0 spiro atoms. The molecule has 0 aromatic heterocycles. The van der Waals surface area contributed by atoms with Crippen LogP contribution in [0.25, 0.3) is 0 Å². The molecule has 86 valence electrons. The van der Waals surface area contributed by atoms with Gasteiger partial charge < -0.3 is 5.73 Å². The number of nitrogens with zero attached hydrogens (tertiary/aromatic N) is 1. The molecule has 3 nitrogen and oxygen atoms in total. The maximum absolute atomic E-state index is 7.33. The van der Waals surface area contributed by atoms with Gasteiger partial charge in [-0.25, -0.2) is 0 Å². The molecule has 1 saturated heterocycles. The predicted molar refractivity (Wildman–Crippen MR) is 66.6 cm³/mol. The van der Waals surface area contributed by atoms with E-state index in [0.29, 0.717) is 6.04 Å². The summed E-state index contributed by atoms with van der Waals surface area (Å²) < 4.78 is 0. The Morgan fingerprint density at radius 1 is 1.44 bits per heavy atom. The van der Waals surface area contributed by atoms with Crippen LogP contribution >= 0.6 is 0 Å². The first-order chi connectivity index (χ1) is 7.66. The topological polar surface area (TPSA) is 53.1 Å². The summed E-state index contributed by atoms with van der Waals surface area (Å²) in [6.45, 7) is 4.51. The Bertz CT molecular complexity index is 369. The summed E-state index contributed by atoms with van der Waals surface area (Å²) in [6, 6.07) is 8.70. The fraction of sp³-hybridized carbons (Fsp3) is 0.462. The van der Waals surface area contributed by atoms with Gasteiger partial charge in [0, 0.05) is 18.2 Å². The van der Waals surface area contributed by atoms with Gasteiger partial charge in [-0.2, -0.15) is 0 Å². The van der Waals surface area contributed by atoms with Crippen LogP contribution in [0.15, 0.2) is 24.3 Å². The first-order valence-electron chi connectivity index (χ1n) is 5.84. The Morgan fingerprint density at radius 3 is 2.62 bits per heavy atom. The lowest BCUT2D eigenvalue weighted by molar-refractivity contribution is 0.260. The summed E-state index contributed by atoms with van der Waals surface area (Å²) in [6.07, 6.45) is 2.62. The number of rotatable bonds is 3. The molecule has 2 rings (SSSR count). The largest absolute Gasteiger partial charge is 0.384 e. The Labute approximate surface area is 96.8 Å². The normalized spacial score (nSPS) is 21.2. The van der Waals surface area contributed by atoms with Crippen molar-refractivity contribution in [3.05, 3.63) is 35.4 Å². The Kier molecular flexibility index (Phi) is 3.25. The van der Waals surface area contributed by atoms with Crippen LogP contribution in [-0.2, 0) is 6.54 Å². The highest BCUT2D eigenvalue weighted by atomic mass is 15.2. The van der Waals surface area contributed by atoms with Gasteiger partial charge in [0.1, 0.15) is 5.84 Å². The minimum absolute atomic E-state index is 0.140. The van der Waals surface area contributed by atoms with E-state index in [1.165, 1.54) is 24.9 Å². The second-order valence-corrected chi connectivity index (χ2v) is 4.57. The van der Waals surface area contributed by atoms with Crippen LogP contribution in [0.5, 0.6) is 0 Å². The maximum atomic E-state index is 7.33. The molecule has 1 aromatic rings. The quantitative estimate of drug-likeness (QED) is 0.600. The van der Waals surface area contributed by atoms with E-state index in [-0.39, 0.29) is 5.84 Å². The summed E-state index contributed by atoms with van der Waals surface area (Å²) in [5.41, 5.74) is 7.53. The Morgan fingerprint density at radius 2 is 2.12 bits per heavy atom. The second-order valence-electron chi connectivity index (χ2n) is 4.57. The summed E-state index contributed by atoms with van der Waals surface area (Å²) in [5, 5.41) is 7.33. The van der Waals surface area contributed by atoms with Gasteiger partial charge in [-0.05, 0) is 31.9 Å². The second kappa shape index (κ2) is 4.66. The van der Waals surface area contributed by atoms with Gasteiger partial charge in [0.05, 0.1) is 0 Å². The number of nitrogens with one attached hydrogen (secondary N) is 1. The fourth-order valence-corrected chi connectivity index (χ4v) is 2.25. The summed E-state index contributed by atoms with van der Waals surface area (Å²) in [5.74, 6) is 0.140. The van der Waals surface area contributed by atoms with Gasteiger partial charge in [0.15, 0.2) is 0 Å². The van der Waals surface area contributed by atoms with E-state index < -0.39 is 0 Å². The lowest BCUT2D eigenvalue weighted by atomic mass is 10.1. The minimum Gasteiger partial charge on any atom is -0.384 e. The molecule has 0 radical (unpaired) electrons. The van der Waals surface area contributed by atoms with E-state index in [1.807, 2.05) is 12.1 Å². The highest BCUT2D eigenvalue weighted by molar-refractivity contribution is 5.94. The molecule has 1 aromatic carbocycles. The third-order valence-corrected chi connectivity index (χ3v) is 3.34. The number of hydrogen-bond donors (Lipinski definition) is 2. The van der Waals surface area contributed by atoms with Gasteiger partial charge in [0.2, 0.25) is 0 Å². The molecule has 0 saturated carbocycles. The number of benzene rings is 1. The third-order valence-electron chi connectivity index (χ3n) is 3.34.